The normalized spacial score (nSPS) is 30.5. The minimum absolute atomic E-state index is 0.0306. The predicted molar refractivity (Wildman–Crippen MR) is 135 cm³/mol. The van der Waals surface area contributed by atoms with E-state index in [2.05, 4.69) is 36.3 Å². The molecule has 1 amide bonds. The van der Waals surface area contributed by atoms with Gasteiger partial charge in [0.15, 0.2) is 0 Å². The van der Waals surface area contributed by atoms with Crippen molar-refractivity contribution in [2.75, 3.05) is 38.6 Å². The second kappa shape index (κ2) is 9.07. The van der Waals surface area contributed by atoms with Gasteiger partial charge in [-0.1, -0.05) is 48.5 Å². The number of piperidine rings is 1. The van der Waals surface area contributed by atoms with Crippen molar-refractivity contribution in [1.29, 1.82) is 0 Å². The average molecular weight is 492 g/mol. The number of fused-ring (bicyclic) bond motifs is 3. The highest BCUT2D eigenvalue weighted by atomic mass is 35.5. The number of hydrogen-bond acceptors (Lipinski definition) is 4. The molecule has 3 heterocycles. The van der Waals surface area contributed by atoms with E-state index < -0.39 is 6.61 Å². The fourth-order valence-electron chi connectivity index (χ4n) is 7.13. The number of amides is 1. The molecule has 2 unspecified atom stereocenters. The molecule has 0 aromatic heterocycles. The van der Waals surface area contributed by atoms with Crippen LogP contribution >= 0.6 is 23.2 Å². The number of benzene rings is 1. The first-order chi connectivity index (χ1) is 15.9. The lowest BCUT2D eigenvalue weighted by Gasteiger charge is -2.53. The lowest BCUT2D eigenvalue weighted by molar-refractivity contribution is -0.139. The number of likely N-dealkylation sites (tertiary alicyclic amines) is 1. The van der Waals surface area contributed by atoms with Crippen LogP contribution in [0.4, 0.5) is 5.69 Å². The van der Waals surface area contributed by atoms with Crippen LogP contribution in [-0.2, 0) is 4.79 Å². The van der Waals surface area contributed by atoms with Crippen molar-refractivity contribution in [3.63, 3.8) is 0 Å². The number of nitrogens with zero attached hydrogens (tertiary/aromatic N) is 2. The fourth-order valence-corrected chi connectivity index (χ4v) is 7.54. The van der Waals surface area contributed by atoms with Crippen molar-refractivity contribution in [1.82, 2.24) is 9.80 Å². The zero-order valence-electron chi connectivity index (χ0n) is 19.7. The van der Waals surface area contributed by atoms with Gasteiger partial charge in [-0.3, -0.25) is 4.79 Å². The summed E-state index contributed by atoms with van der Waals surface area (Å²) >= 11 is 13.6. The topological polar surface area (TPSA) is 55.8 Å². The van der Waals surface area contributed by atoms with E-state index >= 15 is 0 Å². The van der Waals surface area contributed by atoms with Gasteiger partial charge < -0.3 is 20.2 Å². The van der Waals surface area contributed by atoms with E-state index in [9.17, 15) is 9.90 Å². The van der Waals surface area contributed by atoms with Gasteiger partial charge in [-0.05, 0) is 68.3 Å². The Kier molecular flexibility index (Phi) is 6.45. The number of nitrogens with one attached hydrogen (secondary N) is 1. The van der Waals surface area contributed by atoms with E-state index in [0.717, 1.165) is 31.6 Å². The molecule has 180 valence electrons. The first-order valence-corrected chi connectivity index (χ1v) is 13.2. The molecule has 2 N–H and O–H groups in total. The average Bonchev–Trinajstić information content (AvgIpc) is 3.20. The zero-order valence-corrected chi connectivity index (χ0v) is 21.2. The van der Waals surface area contributed by atoms with E-state index in [-0.39, 0.29) is 23.4 Å². The van der Waals surface area contributed by atoms with Crippen LogP contribution in [0, 0.1) is 5.92 Å². The first kappa shape index (κ1) is 23.5. The van der Waals surface area contributed by atoms with Crippen molar-refractivity contribution in [2.45, 2.75) is 69.4 Å². The van der Waals surface area contributed by atoms with Crippen molar-refractivity contribution in [3.05, 3.63) is 33.3 Å². The van der Waals surface area contributed by atoms with Gasteiger partial charge in [0.2, 0.25) is 5.91 Å². The number of hydrogen-bond donors (Lipinski definition) is 2. The van der Waals surface area contributed by atoms with Crippen LogP contribution in [-0.4, -0.2) is 65.7 Å². The summed E-state index contributed by atoms with van der Waals surface area (Å²) in [5.74, 6) is 0.463. The first-order valence-electron chi connectivity index (χ1n) is 12.5. The summed E-state index contributed by atoms with van der Waals surface area (Å²) in [4.78, 5) is 16.9. The summed E-state index contributed by atoms with van der Waals surface area (Å²) < 4.78 is 0. The van der Waals surface area contributed by atoms with Gasteiger partial charge in [0.05, 0.1) is 21.3 Å². The van der Waals surface area contributed by atoms with Crippen molar-refractivity contribution >= 4 is 40.4 Å². The Bertz CT molecular complexity index is 975. The van der Waals surface area contributed by atoms with Gasteiger partial charge >= 0.3 is 0 Å². The number of carbonyl (C=O) groups is 1. The summed E-state index contributed by atoms with van der Waals surface area (Å²) in [5.41, 5.74) is 4.58. The monoisotopic (exact) mass is 491 g/mol. The molecule has 4 aliphatic rings. The highest BCUT2D eigenvalue weighted by Crippen LogP contribution is 2.60. The van der Waals surface area contributed by atoms with Crippen LogP contribution in [0.15, 0.2) is 12.1 Å². The maximum absolute atomic E-state index is 12.7. The summed E-state index contributed by atoms with van der Waals surface area (Å²) in [5, 5.41) is 14.8. The predicted octanol–water partition coefficient (Wildman–Crippen LogP) is 5.15. The van der Waals surface area contributed by atoms with Gasteiger partial charge in [0, 0.05) is 31.6 Å². The number of aliphatic hydroxyl groups excluding tert-OH is 1. The van der Waals surface area contributed by atoms with Gasteiger partial charge in [-0.15, -0.1) is 0 Å². The Morgan fingerprint density at radius 1 is 1.24 bits per heavy atom. The largest absolute Gasteiger partial charge is 0.387 e. The van der Waals surface area contributed by atoms with Gasteiger partial charge in [0.25, 0.3) is 0 Å². The third-order valence-electron chi connectivity index (χ3n) is 8.77. The van der Waals surface area contributed by atoms with E-state index in [1.165, 1.54) is 48.8 Å². The van der Waals surface area contributed by atoms with Gasteiger partial charge in [-0.25, -0.2) is 0 Å². The van der Waals surface area contributed by atoms with Crippen molar-refractivity contribution < 1.29 is 9.90 Å². The lowest BCUT2D eigenvalue weighted by atomic mass is 9.62. The summed E-state index contributed by atoms with van der Waals surface area (Å²) in [6, 6.07) is 2.02. The maximum atomic E-state index is 12.7. The molecule has 33 heavy (non-hydrogen) atoms. The zero-order chi connectivity index (χ0) is 23.3. The SMILES string of the molecule is C[C@H]1C2c3c(C4=CCN(C)CC4)cc(Cl)c(Cl)c3NC2(C2CCCCC2)CCN1C(=O)CO. The van der Waals surface area contributed by atoms with Crippen LogP contribution < -0.4 is 5.32 Å². The summed E-state index contributed by atoms with van der Waals surface area (Å²) in [7, 11) is 2.14. The third-order valence-corrected chi connectivity index (χ3v) is 9.56. The van der Waals surface area contributed by atoms with Crippen molar-refractivity contribution in [2.24, 2.45) is 5.92 Å². The molecule has 3 aliphatic heterocycles. The number of aliphatic hydroxyl groups is 1. The van der Waals surface area contributed by atoms with E-state index in [4.69, 9.17) is 23.2 Å². The molecule has 1 aromatic carbocycles. The molecule has 3 atom stereocenters. The summed E-state index contributed by atoms with van der Waals surface area (Å²) in [6.07, 6.45) is 10.4. The Hall–Kier alpha value is -1.27. The molecule has 7 heteroatoms. The van der Waals surface area contributed by atoms with E-state index in [1.807, 2.05) is 4.90 Å². The Morgan fingerprint density at radius 3 is 2.67 bits per heavy atom. The van der Waals surface area contributed by atoms with Gasteiger partial charge in [0.1, 0.15) is 6.61 Å². The molecule has 1 aliphatic carbocycles. The quantitative estimate of drug-likeness (QED) is 0.613. The third kappa shape index (κ3) is 3.80. The number of carbonyl (C=O) groups excluding carboxylic acids is 1. The van der Waals surface area contributed by atoms with Crippen LogP contribution in [0.2, 0.25) is 10.0 Å². The molecule has 2 fully saturated rings. The second-order valence-electron chi connectivity index (χ2n) is 10.5. The summed E-state index contributed by atoms with van der Waals surface area (Å²) in [6.45, 7) is 4.29. The van der Waals surface area contributed by atoms with Crippen LogP contribution in [0.5, 0.6) is 0 Å². The lowest BCUT2D eigenvalue weighted by Crippen LogP contribution is -2.61. The highest BCUT2D eigenvalue weighted by molar-refractivity contribution is 6.44. The van der Waals surface area contributed by atoms with E-state index in [1.54, 1.807) is 0 Å². The molecule has 5 nitrogen and oxygen atoms in total. The molecule has 0 radical (unpaired) electrons. The number of rotatable bonds is 3. The highest BCUT2D eigenvalue weighted by Gasteiger charge is 2.58. The Balaban J connectivity index is 1.68. The van der Waals surface area contributed by atoms with E-state index in [0.29, 0.717) is 22.5 Å². The molecule has 1 saturated heterocycles. The smallest absolute Gasteiger partial charge is 0.248 e. The van der Waals surface area contributed by atoms with Gasteiger partial charge in [-0.2, -0.15) is 0 Å². The fraction of sp³-hybridized carbons (Fsp3) is 0.654. The Morgan fingerprint density at radius 2 is 2.00 bits per heavy atom. The maximum Gasteiger partial charge on any atom is 0.248 e. The molecular formula is C26H35Cl2N3O2. The minimum atomic E-state index is -0.445. The number of halogens is 2. The number of anilines is 1. The standard InChI is InChI=1S/C26H35Cl2N3O2/c1-16-23-22-19(17-8-11-30(2)12-9-17)14-20(27)24(28)25(22)29-26(23,18-6-4-3-5-7-18)10-13-31(16)21(33)15-32/h8,14,16,18,23,29,32H,3-7,9-13,15H2,1-2H3/t16-,23?,26?/m0/s1. The molecule has 1 saturated carbocycles. The Labute approximate surface area is 207 Å². The van der Waals surface area contributed by atoms with Crippen LogP contribution in [0.3, 0.4) is 0 Å². The molecular weight excluding hydrogens is 457 g/mol. The molecule has 0 bridgehead atoms. The second-order valence-corrected chi connectivity index (χ2v) is 11.2. The van der Waals surface area contributed by atoms with Crippen LogP contribution in [0.25, 0.3) is 5.57 Å². The van der Waals surface area contributed by atoms with Crippen molar-refractivity contribution in [3.8, 4) is 0 Å². The molecule has 1 aromatic rings. The minimum Gasteiger partial charge on any atom is -0.387 e. The van der Waals surface area contributed by atoms with Crippen LogP contribution in [0.1, 0.15) is 68.9 Å². The molecule has 0 spiro atoms. The molecule has 5 rings (SSSR count). The number of likely N-dealkylation sites (N-methyl/N-ethyl adjacent to an activating group) is 1.